The van der Waals surface area contributed by atoms with Crippen molar-refractivity contribution in [2.24, 2.45) is 5.92 Å². The first-order chi connectivity index (χ1) is 11.1. The van der Waals surface area contributed by atoms with Gasteiger partial charge in [-0.15, -0.1) is 11.8 Å². The van der Waals surface area contributed by atoms with E-state index < -0.39 is 0 Å². The predicted octanol–water partition coefficient (Wildman–Crippen LogP) is 3.14. The van der Waals surface area contributed by atoms with E-state index in [0.717, 1.165) is 31.3 Å². The minimum absolute atomic E-state index is 0.167. The number of aromatic nitrogens is 2. The maximum atomic E-state index is 5.63. The van der Waals surface area contributed by atoms with Gasteiger partial charge >= 0.3 is 0 Å². The third kappa shape index (κ3) is 3.94. The molecule has 3 rings (SSSR count). The molecule has 1 aliphatic heterocycles. The predicted molar refractivity (Wildman–Crippen MR) is 92.4 cm³/mol. The molecule has 1 N–H and O–H groups in total. The molecule has 0 spiro atoms. The van der Waals surface area contributed by atoms with E-state index >= 15 is 0 Å². The van der Waals surface area contributed by atoms with Crippen LogP contribution in [-0.4, -0.2) is 41.7 Å². The Labute approximate surface area is 141 Å². The summed E-state index contributed by atoms with van der Waals surface area (Å²) in [5.74, 6) is 1.92. The molecule has 2 unspecified atom stereocenters. The Hall–Kier alpha value is -1.37. The normalized spacial score (nSPS) is 20.8. The van der Waals surface area contributed by atoms with Crippen molar-refractivity contribution in [3.05, 3.63) is 42.0 Å². The molecule has 5 nitrogen and oxygen atoms in total. The van der Waals surface area contributed by atoms with Crippen LogP contribution >= 0.6 is 11.8 Å². The molecule has 2 heterocycles. The summed E-state index contributed by atoms with van der Waals surface area (Å²) in [7, 11) is 2.11. The summed E-state index contributed by atoms with van der Waals surface area (Å²) in [6.45, 7) is 7.27. The number of rotatable bonds is 5. The van der Waals surface area contributed by atoms with Gasteiger partial charge in [-0.05, 0) is 25.1 Å². The van der Waals surface area contributed by atoms with Crippen LogP contribution in [0.4, 0.5) is 0 Å². The number of nitrogens with one attached hydrogen (secondary N) is 1. The zero-order valence-corrected chi connectivity index (χ0v) is 14.7. The van der Waals surface area contributed by atoms with E-state index in [-0.39, 0.29) is 11.3 Å². The van der Waals surface area contributed by atoms with E-state index in [1.54, 1.807) is 11.8 Å². The lowest BCUT2D eigenvalue weighted by molar-refractivity contribution is 0.190. The summed E-state index contributed by atoms with van der Waals surface area (Å²) >= 11 is 1.79. The first-order valence-electron chi connectivity index (χ1n) is 8.11. The number of thioether (sulfide) groups is 1. The number of hydrogen-bond donors (Lipinski definition) is 1. The van der Waals surface area contributed by atoms with Crippen molar-refractivity contribution in [3.8, 4) is 0 Å². The van der Waals surface area contributed by atoms with Crippen molar-refractivity contribution in [1.82, 2.24) is 20.4 Å². The van der Waals surface area contributed by atoms with Crippen LogP contribution in [0.5, 0.6) is 0 Å². The Bertz CT molecular complexity index is 616. The van der Waals surface area contributed by atoms with Gasteiger partial charge in [-0.2, -0.15) is 4.98 Å². The minimum atomic E-state index is 0.167. The quantitative estimate of drug-likeness (QED) is 0.849. The standard InChI is InChI=1S/C17H24N4OS/c1-12(2)15(23-13-7-5-4-6-8-13)17-19-16(20-22-17)14-11-18-9-10-21(14)3/h4-8,12,14-15,18H,9-11H2,1-3H3. The average Bonchev–Trinajstić information content (AvgIpc) is 3.03. The van der Waals surface area contributed by atoms with Crippen molar-refractivity contribution in [3.63, 3.8) is 0 Å². The second-order valence-corrected chi connectivity index (χ2v) is 7.50. The molecule has 1 aromatic heterocycles. The van der Waals surface area contributed by atoms with Gasteiger partial charge in [0.15, 0.2) is 5.82 Å². The second-order valence-electron chi connectivity index (χ2n) is 6.29. The minimum Gasteiger partial charge on any atom is -0.338 e. The number of piperazine rings is 1. The van der Waals surface area contributed by atoms with Gasteiger partial charge in [0.1, 0.15) is 0 Å². The smallest absolute Gasteiger partial charge is 0.240 e. The molecule has 0 amide bonds. The maximum absolute atomic E-state index is 5.63. The lowest BCUT2D eigenvalue weighted by Crippen LogP contribution is -2.44. The van der Waals surface area contributed by atoms with Crippen LogP contribution in [0.15, 0.2) is 39.8 Å². The largest absolute Gasteiger partial charge is 0.338 e. The van der Waals surface area contributed by atoms with Crippen molar-refractivity contribution in [2.45, 2.75) is 30.0 Å². The maximum Gasteiger partial charge on any atom is 0.240 e. The first-order valence-corrected chi connectivity index (χ1v) is 8.99. The van der Waals surface area contributed by atoms with Crippen LogP contribution in [0.1, 0.15) is 36.9 Å². The Morgan fingerprint density at radius 2 is 2.09 bits per heavy atom. The zero-order chi connectivity index (χ0) is 16.2. The van der Waals surface area contributed by atoms with Gasteiger partial charge < -0.3 is 9.84 Å². The van der Waals surface area contributed by atoms with Crippen LogP contribution in [0.2, 0.25) is 0 Å². The van der Waals surface area contributed by atoms with E-state index in [2.05, 4.69) is 60.5 Å². The van der Waals surface area contributed by atoms with Crippen LogP contribution in [0, 0.1) is 5.92 Å². The molecule has 1 aromatic carbocycles. The zero-order valence-electron chi connectivity index (χ0n) is 13.9. The van der Waals surface area contributed by atoms with Gasteiger partial charge in [0, 0.05) is 24.5 Å². The number of benzene rings is 1. The summed E-state index contributed by atoms with van der Waals surface area (Å²) < 4.78 is 5.63. The monoisotopic (exact) mass is 332 g/mol. The highest BCUT2D eigenvalue weighted by Gasteiger charge is 2.29. The molecular weight excluding hydrogens is 308 g/mol. The summed E-state index contributed by atoms with van der Waals surface area (Å²) in [6.07, 6.45) is 0. The first kappa shape index (κ1) is 16.5. The molecule has 1 fully saturated rings. The fraction of sp³-hybridized carbons (Fsp3) is 0.529. The van der Waals surface area contributed by atoms with E-state index in [0.29, 0.717) is 5.92 Å². The summed E-state index contributed by atoms with van der Waals surface area (Å²) in [6, 6.07) is 10.6. The van der Waals surface area contributed by atoms with Gasteiger partial charge in [0.2, 0.25) is 5.89 Å². The third-order valence-electron chi connectivity index (χ3n) is 4.12. The van der Waals surface area contributed by atoms with E-state index in [9.17, 15) is 0 Å². The molecule has 124 valence electrons. The highest BCUT2D eigenvalue weighted by atomic mass is 32.2. The molecule has 1 saturated heterocycles. The van der Waals surface area contributed by atoms with Gasteiger partial charge in [-0.3, -0.25) is 4.90 Å². The fourth-order valence-corrected chi connectivity index (χ4v) is 3.79. The molecule has 1 aliphatic rings. The highest BCUT2D eigenvalue weighted by Crippen LogP contribution is 2.40. The van der Waals surface area contributed by atoms with Crippen molar-refractivity contribution >= 4 is 11.8 Å². The molecule has 0 bridgehead atoms. The molecule has 0 radical (unpaired) electrons. The number of hydrogen-bond acceptors (Lipinski definition) is 6. The second kappa shape index (κ2) is 7.47. The molecule has 6 heteroatoms. The molecular formula is C17H24N4OS. The number of nitrogens with zero attached hydrogens (tertiary/aromatic N) is 3. The molecule has 23 heavy (non-hydrogen) atoms. The number of likely N-dealkylation sites (N-methyl/N-ethyl adjacent to an activating group) is 1. The van der Waals surface area contributed by atoms with Crippen LogP contribution < -0.4 is 5.32 Å². The Morgan fingerprint density at radius 3 is 2.78 bits per heavy atom. The van der Waals surface area contributed by atoms with E-state index in [1.165, 1.54) is 4.90 Å². The van der Waals surface area contributed by atoms with Crippen LogP contribution in [-0.2, 0) is 0 Å². The fourth-order valence-electron chi connectivity index (χ4n) is 2.71. The molecule has 0 aliphatic carbocycles. The Morgan fingerprint density at radius 1 is 1.30 bits per heavy atom. The SMILES string of the molecule is CC(C)C(Sc1ccccc1)c1nc(C2CNCCN2C)no1. The lowest BCUT2D eigenvalue weighted by atomic mass is 10.1. The Balaban J connectivity index is 1.78. The highest BCUT2D eigenvalue weighted by molar-refractivity contribution is 7.99. The average molecular weight is 332 g/mol. The molecule has 0 saturated carbocycles. The van der Waals surface area contributed by atoms with E-state index in [1.807, 2.05) is 6.07 Å². The van der Waals surface area contributed by atoms with E-state index in [4.69, 9.17) is 9.51 Å². The third-order valence-corrected chi connectivity index (χ3v) is 5.67. The van der Waals surface area contributed by atoms with Crippen molar-refractivity contribution in [1.29, 1.82) is 0 Å². The summed E-state index contributed by atoms with van der Waals surface area (Å²) in [4.78, 5) is 8.22. The topological polar surface area (TPSA) is 54.2 Å². The summed E-state index contributed by atoms with van der Waals surface area (Å²) in [5, 5.41) is 7.82. The van der Waals surface area contributed by atoms with Crippen LogP contribution in [0.3, 0.4) is 0 Å². The Kier molecular flexibility index (Phi) is 5.35. The van der Waals surface area contributed by atoms with Gasteiger partial charge in [-0.1, -0.05) is 37.2 Å². The van der Waals surface area contributed by atoms with Crippen molar-refractivity contribution in [2.75, 3.05) is 26.7 Å². The van der Waals surface area contributed by atoms with Crippen molar-refractivity contribution < 1.29 is 4.52 Å². The lowest BCUT2D eigenvalue weighted by Gasteiger charge is -2.30. The van der Waals surface area contributed by atoms with Crippen LogP contribution in [0.25, 0.3) is 0 Å². The summed E-state index contributed by atoms with van der Waals surface area (Å²) in [5.41, 5.74) is 0. The van der Waals surface area contributed by atoms with Gasteiger partial charge in [0.05, 0.1) is 11.3 Å². The molecule has 2 aromatic rings. The van der Waals surface area contributed by atoms with Gasteiger partial charge in [0.25, 0.3) is 0 Å². The molecule has 2 atom stereocenters. The van der Waals surface area contributed by atoms with Gasteiger partial charge in [-0.25, -0.2) is 0 Å².